The molecule has 84 valence electrons. The second kappa shape index (κ2) is 5.75. The summed E-state index contributed by atoms with van der Waals surface area (Å²) in [5.41, 5.74) is 2.05. The van der Waals surface area contributed by atoms with Crippen molar-refractivity contribution >= 4 is 16.7 Å². The maximum Gasteiger partial charge on any atom is 0.182 e. The Morgan fingerprint density at radius 2 is 2.20 bits per heavy atom. The number of hydrogen-bond acceptors (Lipinski definition) is 2. The van der Waals surface area contributed by atoms with Crippen LogP contribution < -0.4 is 9.46 Å². The standard InChI is InChI=1S/C9H11NO2S.C2H6/c1-2-7-3-4-9-8(5-7)10-13(11)6-12-9;1-2/h3-5,10H,2,6H2,1H3;1-2H3. The summed E-state index contributed by atoms with van der Waals surface area (Å²) in [6.07, 6.45) is 0.974. The van der Waals surface area contributed by atoms with Gasteiger partial charge in [-0.1, -0.05) is 26.8 Å². The minimum Gasteiger partial charge on any atom is -0.476 e. The molecule has 3 nitrogen and oxygen atoms in total. The van der Waals surface area contributed by atoms with Gasteiger partial charge in [-0.25, -0.2) is 4.21 Å². The molecular formula is C11H17NO2S. The van der Waals surface area contributed by atoms with Crippen LogP contribution in [0.5, 0.6) is 5.75 Å². The van der Waals surface area contributed by atoms with Crippen molar-refractivity contribution < 1.29 is 8.95 Å². The van der Waals surface area contributed by atoms with E-state index in [0.29, 0.717) is 0 Å². The first-order valence-electron chi connectivity index (χ1n) is 5.20. The van der Waals surface area contributed by atoms with Crippen molar-refractivity contribution in [2.75, 3.05) is 10.7 Å². The van der Waals surface area contributed by atoms with Gasteiger partial charge in [-0.05, 0) is 24.1 Å². The Bertz CT molecular complexity index is 352. The Morgan fingerprint density at radius 3 is 2.87 bits per heavy atom. The Morgan fingerprint density at radius 1 is 1.47 bits per heavy atom. The summed E-state index contributed by atoms with van der Waals surface area (Å²) in [6, 6.07) is 5.92. The monoisotopic (exact) mass is 227 g/mol. The molecule has 2 rings (SSSR count). The lowest BCUT2D eigenvalue weighted by Gasteiger charge is -2.18. The van der Waals surface area contributed by atoms with E-state index in [9.17, 15) is 4.21 Å². The molecule has 4 heteroatoms. The first-order chi connectivity index (χ1) is 7.29. The van der Waals surface area contributed by atoms with E-state index in [1.54, 1.807) is 0 Å². The molecule has 0 saturated carbocycles. The van der Waals surface area contributed by atoms with E-state index in [1.807, 2.05) is 32.0 Å². The zero-order valence-corrected chi connectivity index (χ0v) is 10.2. The number of fused-ring (bicyclic) bond motifs is 1. The lowest BCUT2D eigenvalue weighted by Crippen LogP contribution is -2.19. The molecule has 1 aromatic carbocycles. The third-order valence-electron chi connectivity index (χ3n) is 2.00. The highest BCUT2D eigenvalue weighted by Crippen LogP contribution is 2.29. The summed E-state index contributed by atoms with van der Waals surface area (Å²) in [6.45, 7) is 6.09. The summed E-state index contributed by atoms with van der Waals surface area (Å²) in [5.74, 6) is 1.02. The van der Waals surface area contributed by atoms with E-state index in [-0.39, 0.29) is 5.94 Å². The molecule has 0 aromatic heterocycles. The van der Waals surface area contributed by atoms with Crippen LogP contribution in [-0.4, -0.2) is 10.1 Å². The van der Waals surface area contributed by atoms with Crippen LogP contribution in [-0.2, 0) is 17.4 Å². The average molecular weight is 227 g/mol. The fourth-order valence-corrected chi connectivity index (χ4v) is 1.97. The summed E-state index contributed by atoms with van der Waals surface area (Å²) in [7, 11) is -1.08. The maximum atomic E-state index is 11.1. The van der Waals surface area contributed by atoms with Gasteiger partial charge in [0.05, 0.1) is 5.69 Å². The van der Waals surface area contributed by atoms with Gasteiger partial charge < -0.3 is 4.74 Å². The Balaban J connectivity index is 0.000000531. The minimum absolute atomic E-state index is 0.235. The average Bonchev–Trinajstić information content (AvgIpc) is 2.30. The van der Waals surface area contributed by atoms with E-state index in [1.165, 1.54) is 5.56 Å². The highest BCUT2D eigenvalue weighted by molar-refractivity contribution is 7.86. The van der Waals surface area contributed by atoms with Crippen LogP contribution >= 0.6 is 0 Å². The van der Waals surface area contributed by atoms with Crippen molar-refractivity contribution in [3.63, 3.8) is 0 Å². The molecule has 0 saturated heterocycles. The van der Waals surface area contributed by atoms with Gasteiger partial charge in [0, 0.05) is 0 Å². The third kappa shape index (κ3) is 2.96. The second-order valence-electron chi connectivity index (χ2n) is 2.89. The SMILES string of the molecule is CC.CCc1ccc2c(c1)NS(=O)CO2. The second-order valence-corrected chi connectivity index (χ2v) is 4.02. The maximum absolute atomic E-state index is 11.1. The Labute approximate surface area is 93.4 Å². The van der Waals surface area contributed by atoms with E-state index in [2.05, 4.69) is 11.6 Å². The van der Waals surface area contributed by atoms with Crippen molar-refractivity contribution in [1.29, 1.82) is 0 Å². The van der Waals surface area contributed by atoms with Gasteiger partial charge in [0.1, 0.15) is 5.75 Å². The predicted molar refractivity (Wildman–Crippen MR) is 64.4 cm³/mol. The molecule has 0 fully saturated rings. The summed E-state index contributed by atoms with van der Waals surface area (Å²) in [4.78, 5) is 0. The zero-order valence-electron chi connectivity index (χ0n) is 9.37. The first kappa shape index (κ1) is 12.0. The van der Waals surface area contributed by atoms with Crippen molar-refractivity contribution in [3.8, 4) is 5.75 Å². The summed E-state index contributed by atoms with van der Waals surface area (Å²) >= 11 is 0. The van der Waals surface area contributed by atoms with Crippen molar-refractivity contribution in [3.05, 3.63) is 23.8 Å². The minimum atomic E-state index is -1.08. The third-order valence-corrected chi connectivity index (χ3v) is 2.78. The number of ether oxygens (including phenoxy) is 1. The van der Waals surface area contributed by atoms with Gasteiger partial charge in [0.2, 0.25) is 0 Å². The van der Waals surface area contributed by atoms with Gasteiger partial charge in [0.15, 0.2) is 16.9 Å². The van der Waals surface area contributed by atoms with E-state index in [4.69, 9.17) is 4.74 Å². The smallest absolute Gasteiger partial charge is 0.182 e. The highest BCUT2D eigenvalue weighted by Gasteiger charge is 2.14. The van der Waals surface area contributed by atoms with Gasteiger partial charge in [-0.3, -0.25) is 4.72 Å². The molecule has 0 aliphatic carbocycles. The molecule has 0 radical (unpaired) electrons. The summed E-state index contributed by atoms with van der Waals surface area (Å²) < 4.78 is 19.3. The zero-order chi connectivity index (χ0) is 11.3. The molecule has 1 atom stereocenters. The largest absolute Gasteiger partial charge is 0.476 e. The quantitative estimate of drug-likeness (QED) is 0.801. The fraction of sp³-hybridized carbons (Fsp3) is 0.455. The predicted octanol–water partition coefficient (Wildman–Crippen LogP) is 2.70. The number of aryl methyl sites for hydroxylation is 1. The molecule has 1 aliphatic heterocycles. The van der Waals surface area contributed by atoms with Crippen LogP contribution in [0.15, 0.2) is 18.2 Å². The molecular weight excluding hydrogens is 210 g/mol. The van der Waals surface area contributed by atoms with Gasteiger partial charge in [0.25, 0.3) is 0 Å². The number of rotatable bonds is 1. The van der Waals surface area contributed by atoms with Gasteiger partial charge in [-0.2, -0.15) is 0 Å². The molecule has 15 heavy (non-hydrogen) atoms. The molecule has 1 unspecified atom stereocenters. The molecule has 1 N–H and O–H groups in total. The molecule has 0 bridgehead atoms. The molecule has 1 aromatic rings. The molecule has 0 spiro atoms. The number of hydrogen-bond donors (Lipinski definition) is 1. The number of benzene rings is 1. The highest BCUT2D eigenvalue weighted by atomic mass is 32.2. The lowest BCUT2D eigenvalue weighted by molar-refractivity contribution is 0.384. The van der Waals surface area contributed by atoms with Gasteiger partial charge >= 0.3 is 0 Å². The Kier molecular flexibility index (Phi) is 4.62. The number of anilines is 1. The Hall–Kier alpha value is -1.03. The van der Waals surface area contributed by atoms with Crippen LogP contribution in [0.2, 0.25) is 0 Å². The van der Waals surface area contributed by atoms with Crippen molar-refractivity contribution in [2.24, 2.45) is 0 Å². The van der Waals surface area contributed by atoms with Crippen LogP contribution in [0.4, 0.5) is 5.69 Å². The van der Waals surface area contributed by atoms with Crippen LogP contribution in [0.3, 0.4) is 0 Å². The molecule has 0 amide bonds. The van der Waals surface area contributed by atoms with Crippen LogP contribution in [0, 0.1) is 0 Å². The molecule has 1 heterocycles. The van der Waals surface area contributed by atoms with E-state index in [0.717, 1.165) is 17.9 Å². The topological polar surface area (TPSA) is 38.3 Å². The summed E-state index contributed by atoms with van der Waals surface area (Å²) in [5, 5.41) is 0. The van der Waals surface area contributed by atoms with Gasteiger partial charge in [-0.15, -0.1) is 0 Å². The van der Waals surface area contributed by atoms with E-state index < -0.39 is 11.0 Å². The lowest BCUT2D eigenvalue weighted by atomic mass is 10.1. The molecule has 1 aliphatic rings. The van der Waals surface area contributed by atoms with Crippen molar-refractivity contribution in [2.45, 2.75) is 27.2 Å². The normalized spacial score (nSPS) is 17.7. The van der Waals surface area contributed by atoms with Crippen LogP contribution in [0.25, 0.3) is 0 Å². The fourth-order valence-electron chi connectivity index (χ4n) is 1.27. The number of nitrogens with one attached hydrogen (secondary N) is 1. The first-order valence-corrected chi connectivity index (χ1v) is 6.52. The van der Waals surface area contributed by atoms with Crippen molar-refractivity contribution in [1.82, 2.24) is 0 Å². The van der Waals surface area contributed by atoms with E-state index >= 15 is 0 Å². The van der Waals surface area contributed by atoms with Crippen LogP contribution in [0.1, 0.15) is 26.3 Å².